The van der Waals surface area contributed by atoms with Gasteiger partial charge in [0.2, 0.25) is 16.9 Å². The zero-order valence-electron chi connectivity index (χ0n) is 14.9. The Balaban J connectivity index is 1.79. The van der Waals surface area contributed by atoms with Crippen molar-refractivity contribution in [1.82, 2.24) is 0 Å². The molecule has 0 aliphatic rings. The number of carbonyl (C=O) groups is 1. The second kappa shape index (κ2) is 7.43. The van der Waals surface area contributed by atoms with E-state index in [1.54, 1.807) is 18.2 Å². The molecule has 152 valence electrons. The predicted octanol–water partition coefficient (Wildman–Crippen LogP) is 5.42. The van der Waals surface area contributed by atoms with Crippen molar-refractivity contribution in [1.29, 1.82) is 0 Å². The maximum Gasteiger partial charge on any atom is 0.453 e. The van der Waals surface area contributed by atoms with Gasteiger partial charge in [0.15, 0.2) is 0 Å². The minimum Gasteiger partial charge on any atom is -0.457 e. The first-order chi connectivity index (χ1) is 14.3. The van der Waals surface area contributed by atoms with E-state index >= 15 is 0 Å². The lowest BCUT2D eigenvalue weighted by molar-refractivity contribution is -0.154. The van der Waals surface area contributed by atoms with Crippen molar-refractivity contribution in [3.05, 3.63) is 88.7 Å². The quantitative estimate of drug-likeness (QED) is 0.327. The highest BCUT2D eigenvalue weighted by atomic mass is 19.4. The standard InChI is InChI=1S/C21H11F3O6/c22-21(23,24)19-18(28-12-5-2-1-3-6-12)17(25)14-9-8-13(11-16(14)30-19)29-20(26)15-7-4-10-27-15/h1-11H. The molecule has 2 aromatic heterocycles. The van der Waals surface area contributed by atoms with E-state index in [0.29, 0.717) is 0 Å². The summed E-state index contributed by atoms with van der Waals surface area (Å²) in [4.78, 5) is 24.7. The van der Waals surface area contributed by atoms with Gasteiger partial charge in [-0.3, -0.25) is 4.79 Å². The summed E-state index contributed by atoms with van der Waals surface area (Å²) in [6.07, 6.45) is -3.74. The summed E-state index contributed by atoms with van der Waals surface area (Å²) in [6.45, 7) is 0. The second-order valence-corrected chi connectivity index (χ2v) is 6.03. The van der Waals surface area contributed by atoms with E-state index in [-0.39, 0.29) is 22.6 Å². The summed E-state index contributed by atoms with van der Waals surface area (Å²) in [5.74, 6) is -3.63. The first-order valence-corrected chi connectivity index (χ1v) is 8.49. The zero-order chi connectivity index (χ0) is 21.3. The normalized spacial score (nSPS) is 11.4. The lowest BCUT2D eigenvalue weighted by Crippen LogP contribution is -2.15. The average Bonchev–Trinajstić information content (AvgIpc) is 3.25. The van der Waals surface area contributed by atoms with Gasteiger partial charge in [0.1, 0.15) is 17.1 Å². The number of hydrogen-bond donors (Lipinski definition) is 0. The summed E-state index contributed by atoms with van der Waals surface area (Å²) >= 11 is 0. The SMILES string of the molecule is O=C(Oc1ccc2c(=O)c(Oc3ccccc3)c(C(F)(F)F)oc2c1)c1ccco1. The molecule has 0 fully saturated rings. The van der Waals surface area contributed by atoms with Gasteiger partial charge in [-0.2, -0.15) is 13.2 Å². The molecule has 0 radical (unpaired) electrons. The molecule has 6 nitrogen and oxygen atoms in total. The fourth-order valence-electron chi connectivity index (χ4n) is 2.66. The van der Waals surface area contributed by atoms with Crippen molar-refractivity contribution in [3.63, 3.8) is 0 Å². The van der Waals surface area contributed by atoms with Crippen LogP contribution in [-0.4, -0.2) is 5.97 Å². The van der Waals surface area contributed by atoms with Crippen molar-refractivity contribution in [2.75, 3.05) is 0 Å². The molecule has 0 atom stereocenters. The first kappa shape index (κ1) is 19.3. The smallest absolute Gasteiger partial charge is 0.453 e. The van der Waals surface area contributed by atoms with Gasteiger partial charge in [0, 0.05) is 6.07 Å². The average molecular weight is 416 g/mol. The number of hydrogen-bond acceptors (Lipinski definition) is 6. The van der Waals surface area contributed by atoms with Gasteiger partial charge >= 0.3 is 12.1 Å². The highest BCUT2D eigenvalue weighted by molar-refractivity contribution is 5.89. The van der Waals surface area contributed by atoms with Crippen molar-refractivity contribution < 1.29 is 36.3 Å². The van der Waals surface area contributed by atoms with Crippen LogP contribution in [0.15, 0.2) is 80.6 Å². The third-order valence-corrected chi connectivity index (χ3v) is 3.98. The number of rotatable bonds is 4. The fraction of sp³-hybridized carbons (Fsp3) is 0.0476. The first-order valence-electron chi connectivity index (χ1n) is 8.49. The second-order valence-electron chi connectivity index (χ2n) is 6.03. The van der Waals surface area contributed by atoms with E-state index < -0.39 is 34.7 Å². The Morgan fingerprint density at radius 1 is 0.933 bits per heavy atom. The van der Waals surface area contributed by atoms with Crippen LogP contribution in [0.1, 0.15) is 16.3 Å². The number of carbonyl (C=O) groups excluding carboxylic acids is 1. The molecule has 0 bridgehead atoms. The lowest BCUT2D eigenvalue weighted by Gasteiger charge is -2.13. The molecule has 0 aliphatic heterocycles. The summed E-state index contributed by atoms with van der Waals surface area (Å²) in [5, 5.41) is -0.174. The Morgan fingerprint density at radius 3 is 2.37 bits per heavy atom. The number of fused-ring (bicyclic) bond motifs is 1. The number of alkyl halides is 3. The minimum atomic E-state index is -5.00. The summed E-state index contributed by atoms with van der Waals surface area (Å²) in [7, 11) is 0. The van der Waals surface area contributed by atoms with Crippen molar-refractivity contribution >= 4 is 16.9 Å². The Hall–Kier alpha value is -4.01. The number of halogens is 3. The largest absolute Gasteiger partial charge is 0.457 e. The zero-order valence-corrected chi connectivity index (χ0v) is 14.9. The van der Waals surface area contributed by atoms with Crippen LogP contribution < -0.4 is 14.9 Å². The van der Waals surface area contributed by atoms with E-state index in [4.69, 9.17) is 18.3 Å². The molecule has 0 spiro atoms. The molecule has 30 heavy (non-hydrogen) atoms. The fourth-order valence-corrected chi connectivity index (χ4v) is 2.66. The third kappa shape index (κ3) is 3.77. The molecule has 0 saturated heterocycles. The number of benzene rings is 2. The Morgan fingerprint density at radius 2 is 1.70 bits per heavy atom. The van der Waals surface area contributed by atoms with Gasteiger partial charge in [-0.25, -0.2) is 4.79 Å². The Bertz CT molecular complexity index is 1260. The van der Waals surface area contributed by atoms with Crippen molar-refractivity contribution in [3.8, 4) is 17.2 Å². The highest BCUT2D eigenvalue weighted by Crippen LogP contribution is 2.38. The number of ether oxygens (including phenoxy) is 2. The van der Waals surface area contributed by atoms with Crippen LogP contribution in [0.25, 0.3) is 11.0 Å². The highest BCUT2D eigenvalue weighted by Gasteiger charge is 2.40. The molecule has 0 aliphatic carbocycles. The van der Waals surface area contributed by atoms with E-state index in [9.17, 15) is 22.8 Å². The van der Waals surface area contributed by atoms with Gasteiger partial charge in [-0.05, 0) is 36.4 Å². The summed E-state index contributed by atoms with van der Waals surface area (Å²) < 4.78 is 60.7. The molecular weight excluding hydrogens is 405 g/mol. The topological polar surface area (TPSA) is 78.9 Å². The van der Waals surface area contributed by atoms with Gasteiger partial charge in [-0.1, -0.05) is 18.2 Å². The van der Waals surface area contributed by atoms with Crippen LogP contribution in [-0.2, 0) is 6.18 Å². The minimum absolute atomic E-state index is 0.0404. The van der Waals surface area contributed by atoms with Gasteiger partial charge in [-0.15, -0.1) is 0 Å². The van der Waals surface area contributed by atoms with E-state index in [1.807, 2.05) is 0 Å². The van der Waals surface area contributed by atoms with Crippen LogP contribution in [0, 0.1) is 0 Å². The molecule has 4 aromatic rings. The molecule has 0 N–H and O–H groups in total. The van der Waals surface area contributed by atoms with Crippen molar-refractivity contribution in [2.24, 2.45) is 0 Å². The molecule has 2 aromatic carbocycles. The van der Waals surface area contributed by atoms with E-state index in [2.05, 4.69) is 0 Å². The molecule has 0 amide bonds. The van der Waals surface area contributed by atoms with Crippen LogP contribution in [0.5, 0.6) is 17.2 Å². The molecule has 0 unspecified atom stereocenters. The van der Waals surface area contributed by atoms with E-state index in [1.165, 1.54) is 42.7 Å². The van der Waals surface area contributed by atoms with Crippen LogP contribution >= 0.6 is 0 Å². The number of para-hydroxylation sites is 1. The van der Waals surface area contributed by atoms with Gasteiger partial charge in [0.05, 0.1) is 11.6 Å². The molecule has 9 heteroatoms. The van der Waals surface area contributed by atoms with E-state index in [0.717, 1.165) is 6.07 Å². The molecule has 0 saturated carbocycles. The maximum absolute atomic E-state index is 13.5. The lowest BCUT2D eigenvalue weighted by atomic mass is 10.2. The predicted molar refractivity (Wildman–Crippen MR) is 97.7 cm³/mol. The molecule has 4 rings (SSSR count). The van der Waals surface area contributed by atoms with Gasteiger partial charge in [0.25, 0.3) is 5.76 Å². The molecular formula is C21H11F3O6. The van der Waals surface area contributed by atoms with Crippen LogP contribution in [0.2, 0.25) is 0 Å². The van der Waals surface area contributed by atoms with Crippen molar-refractivity contribution in [2.45, 2.75) is 6.18 Å². The van der Waals surface area contributed by atoms with Crippen LogP contribution in [0.3, 0.4) is 0 Å². The monoisotopic (exact) mass is 416 g/mol. The van der Waals surface area contributed by atoms with Crippen LogP contribution in [0.4, 0.5) is 13.2 Å². The Kier molecular flexibility index (Phi) is 4.78. The third-order valence-electron chi connectivity index (χ3n) is 3.98. The summed E-state index contributed by atoms with van der Waals surface area (Å²) in [5.41, 5.74) is -1.44. The maximum atomic E-state index is 13.5. The number of esters is 1. The number of furan rings is 1. The van der Waals surface area contributed by atoms with Gasteiger partial charge < -0.3 is 18.3 Å². The summed E-state index contributed by atoms with van der Waals surface area (Å²) in [6, 6.07) is 13.8. The molecule has 2 heterocycles. The Labute approximate surface area is 166 Å².